The second-order valence-electron chi connectivity index (χ2n) is 6.88. The molecule has 0 atom stereocenters. The molecule has 1 N–H and O–H groups in total. The summed E-state index contributed by atoms with van der Waals surface area (Å²) in [6.07, 6.45) is 10.2. The number of nitrogens with zero attached hydrogens (tertiary/aromatic N) is 2. The number of amides is 1. The molecule has 1 heterocycles. The van der Waals surface area contributed by atoms with Gasteiger partial charge in [-0.15, -0.1) is 0 Å². The summed E-state index contributed by atoms with van der Waals surface area (Å²) in [5.41, 5.74) is -0.154. The molecule has 20 heavy (non-hydrogen) atoms. The molecule has 1 aromatic rings. The van der Waals surface area contributed by atoms with Crippen molar-refractivity contribution in [3.63, 3.8) is 0 Å². The number of anilines is 1. The third-order valence-corrected chi connectivity index (χ3v) is 5.55. The summed E-state index contributed by atoms with van der Waals surface area (Å²) >= 11 is 5.82. The number of carbonyl (C=O) groups is 1. The van der Waals surface area contributed by atoms with Crippen LogP contribution in [-0.4, -0.2) is 15.9 Å². The van der Waals surface area contributed by atoms with Gasteiger partial charge in [0.2, 0.25) is 5.91 Å². The number of rotatable bonds is 2. The number of halogens is 1. The van der Waals surface area contributed by atoms with Gasteiger partial charge in [-0.1, -0.05) is 11.6 Å². The van der Waals surface area contributed by atoms with E-state index in [0.29, 0.717) is 11.0 Å². The number of aromatic nitrogens is 2. The van der Waals surface area contributed by atoms with Gasteiger partial charge in [0.05, 0.1) is 17.8 Å². The molecule has 4 aliphatic rings. The molecule has 4 saturated carbocycles. The minimum Gasteiger partial charge on any atom is -0.309 e. The Morgan fingerprint density at radius 1 is 1.15 bits per heavy atom. The maximum absolute atomic E-state index is 12.8. The van der Waals surface area contributed by atoms with Gasteiger partial charge in [-0.05, 0) is 56.3 Å². The third kappa shape index (κ3) is 2.01. The molecule has 4 fully saturated rings. The second kappa shape index (κ2) is 4.42. The maximum Gasteiger partial charge on any atom is 0.231 e. The van der Waals surface area contributed by atoms with Crippen LogP contribution in [0.5, 0.6) is 0 Å². The Labute approximate surface area is 123 Å². The van der Waals surface area contributed by atoms with Crippen molar-refractivity contribution in [3.8, 4) is 0 Å². The lowest BCUT2D eigenvalue weighted by molar-refractivity contribution is -0.140. The first kappa shape index (κ1) is 12.6. The quantitative estimate of drug-likeness (QED) is 0.910. The Bertz CT molecular complexity index is 525. The summed E-state index contributed by atoms with van der Waals surface area (Å²) in [5.74, 6) is 2.89. The van der Waals surface area contributed by atoms with E-state index in [-0.39, 0.29) is 11.3 Å². The van der Waals surface area contributed by atoms with Gasteiger partial charge in [-0.25, -0.2) is 4.98 Å². The van der Waals surface area contributed by atoms with Crippen LogP contribution in [0.2, 0.25) is 5.15 Å². The molecule has 0 spiro atoms. The van der Waals surface area contributed by atoms with Gasteiger partial charge >= 0.3 is 0 Å². The zero-order valence-electron chi connectivity index (χ0n) is 11.3. The summed E-state index contributed by atoms with van der Waals surface area (Å²) in [6.45, 7) is 0. The zero-order valence-corrected chi connectivity index (χ0v) is 12.1. The van der Waals surface area contributed by atoms with Crippen molar-refractivity contribution in [2.45, 2.75) is 38.5 Å². The number of nitrogens with one attached hydrogen (secondary N) is 1. The maximum atomic E-state index is 12.8. The van der Waals surface area contributed by atoms with Crippen LogP contribution in [0.15, 0.2) is 12.4 Å². The molecule has 0 saturated heterocycles. The van der Waals surface area contributed by atoms with E-state index in [0.717, 1.165) is 37.0 Å². The van der Waals surface area contributed by atoms with E-state index in [1.54, 1.807) is 6.20 Å². The normalized spacial score (nSPS) is 38.0. The molecule has 0 aliphatic heterocycles. The van der Waals surface area contributed by atoms with Gasteiger partial charge in [0.15, 0.2) is 5.82 Å². The highest BCUT2D eigenvalue weighted by molar-refractivity contribution is 6.29. The first-order valence-corrected chi connectivity index (χ1v) is 7.80. The van der Waals surface area contributed by atoms with Crippen LogP contribution in [0.4, 0.5) is 5.82 Å². The topological polar surface area (TPSA) is 54.9 Å². The molecule has 0 unspecified atom stereocenters. The Kier molecular flexibility index (Phi) is 2.78. The zero-order chi connectivity index (χ0) is 13.7. The van der Waals surface area contributed by atoms with Crippen molar-refractivity contribution in [3.05, 3.63) is 17.5 Å². The van der Waals surface area contributed by atoms with Crippen LogP contribution in [0, 0.1) is 23.2 Å². The van der Waals surface area contributed by atoms with E-state index in [2.05, 4.69) is 15.3 Å². The average Bonchev–Trinajstić information content (AvgIpc) is 2.37. The van der Waals surface area contributed by atoms with Crippen molar-refractivity contribution < 1.29 is 4.79 Å². The Morgan fingerprint density at radius 2 is 1.75 bits per heavy atom. The van der Waals surface area contributed by atoms with Crippen molar-refractivity contribution >= 4 is 23.3 Å². The summed E-state index contributed by atoms with van der Waals surface area (Å²) < 4.78 is 0. The molecule has 4 aliphatic carbocycles. The molecule has 0 aromatic carbocycles. The van der Waals surface area contributed by atoms with Gasteiger partial charge in [-0.3, -0.25) is 9.78 Å². The third-order valence-electron chi connectivity index (χ3n) is 5.37. The van der Waals surface area contributed by atoms with Gasteiger partial charge in [0, 0.05) is 0 Å². The summed E-state index contributed by atoms with van der Waals surface area (Å²) in [7, 11) is 0. The van der Waals surface area contributed by atoms with Crippen LogP contribution < -0.4 is 5.32 Å². The molecule has 5 rings (SSSR count). The van der Waals surface area contributed by atoms with Crippen molar-refractivity contribution in [2.24, 2.45) is 23.2 Å². The Balaban J connectivity index is 1.56. The lowest BCUT2D eigenvalue weighted by Gasteiger charge is -2.55. The van der Waals surface area contributed by atoms with Crippen LogP contribution >= 0.6 is 11.6 Å². The molecule has 4 nitrogen and oxygen atoms in total. The lowest BCUT2D eigenvalue weighted by atomic mass is 9.49. The van der Waals surface area contributed by atoms with E-state index in [4.69, 9.17) is 11.6 Å². The summed E-state index contributed by atoms with van der Waals surface area (Å²) in [4.78, 5) is 20.8. The average molecular weight is 292 g/mol. The van der Waals surface area contributed by atoms with E-state index in [9.17, 15) is 4.79 Å². The molecule has 1 amide bonds. The van der Waals surface area contributed by atoms with Crippen LogP contribution in [0.25, 0.3) is 0 Å². The highest BCUT2D eigenvalue weighted by Crippen LogP contribution is 2.60. The molecular formula is C15H18ClN3O. The minimum atomic E-state index is -0.154. The van der Waals surface area contributed by atoms with Gasteiger partial charge in [-0.2, -0.15) is 0 Å². The smallest absolute Gasteiger partial charge is 0.231 e. The molecule has 4 bridgehead atoms. The molecule has 5 heteroatoms. The highest BCUT2D eigenvalue weighted by atomic mass is 35.5. The fourth-order valence-corrected chi connectivity index (χ4v) is 5.19. The van der Waals surface area contributed by atoms with Crippen molar-refractivity contribution in [2.75, 3.05) is 5.32 Å². The van der Waals surface area contributed by atoms with Crippen LogP contribution in [-0.2, 0) is 4.79 Å². The van der Waals surface area contributed by atoms with E-state index in [1.165, 1.54) is 25.5 Å². The highest BCUT2D eigenvalue weighted by Gasteiger charge is 2.54. The number of hydrogen-bond acceptors (Lipinski definition) is 3. The predicted molar refractivity (Wildman–Crippen MR) is 76.3 cm³/mol. The fraction of sp³-hybridized carbons (Fsp3) is 0.667. The van der Waals surface area contributed by atoms with Crippen molar-refractivity contribution in [1.29, 1.82) is 0 Å². The van der Waals surface area contributed by atoms with E-state index >= 15 is 0 Å². The van der Waals surface area contributed by atoms with E-state index < -0.39 is 0 Å². The molecular weight excluding hydrogens is 274 g/mol. The van der Waals surface area contributed by atoms with Crippen LogP contribution in [0.1, 0.15) is 38.5 Å². The largest absolute Gasteiger partial charge is 0.309 e. The first-order chi connectivity index (χ1) is 9.63. The molecule has 106 valence electrons. The van der Waals surface area contributed by atoms with Crippen LogP contribution in [0.3, 0.4) is 0 Å². The Hall–Kier alpha value is -1.16. The summed E-state index contributed by atoms with van der Waals surface area (Å²) in [5, 5.41) is 3.26. The fourth-order valence-electron chi connectivity index (χ4n) is 5.04. The van der Waals surface area contributed by atoms with E-state index in [1.807, 2.05) is 0 Å². The molecule has 1 aromatic heterocycles. The number of hydrogen-bond donors (Lipinski definition) is 1. The summed E-state index contributed by atoms with van der Waals surface area (Å²) in [6, 6.07) is 0. The van der Waals surface area contributed by atoms with Crippen molar-refractivity contribution in [1.82, 2.24) is 9.97 Å². The first-order valence-electron chi connectivity index (χ1n) is 7.42. The van der Waals surface area contributed by atoms with Gasteiger partial charge < -0.3 is 5.32 Å². The predicted octanol–water partition coefficient (Wildman–Crippen LogP) is 3.28. The minimum absolute atomic E-state index is 0.133. The Morgan fingerprint density at radius 3 is 2.30 bits per heavy atom. The number of carbonyl (C=O) groups excluding carboxylic acids is 1. The molecule has 0 radical (unpaired) electrons. The monoisotopic (exact) mass is 291 g/mol. The second-order valence-corrected chi connectivity index (χ2v) is 7.27. The SMILES string of the molecule is O=C(Nc1cncc(Cl)n1)C12CC3CC(CC(C3)C1)C2. The lowest BCUT2D eigenvalue weighted by Crippen LogP contribution is -2.51. The van der Waals surface area contributed by atoms with Gasteiger partial charge in [0.1, 0.15) is 5.15 Å². The standard InChI is InChI=1S/C15H18ClN3O/c16-12-7-17-8-13(18-12)19-14(20)15-4-9-1-10(5-15)3-11(2-9)6-15/h7-11H,1-6H2,(H,18,19,20). The van der Waals surface area contributed by atoms with Gasteiger partial charge in [0.25, 0.3) is 0 Å².